The number of amides is 2. The van der Waals surface area contributed by atoms with Crippen LogP contribution in [0.5, 0.6) is 17.2 Å². The average Bonchev–Trinajstić information content (AvgIpc) is 2.67. The lowest BCUT2D eigenvalue weighted by Crippen LogP contribution is -2.24. The van der Waals surface area contributed by atoms with Gasteiger partial charge in [0.25, 0.3) is 0 Å². The predicted molar refractivity (Wildman–Crippen MR) is 102 cm³/mol. The Hall–Kier alpha value is -3.55. The highest BCUT2D eigenvalue weighted by Crippen LogP contribution is 2.26. The molecule has 0 aliphatic rings. The molecule has 8 nitrogen and oxygen atoms in total. The second-order valence-corrected chi connectivity index (χ2v) is 5.36. The van der Waals surface area contributed by atoms with Crippen molar-refractivity contribution in [2.24, 2.45) is 5.10 Å². The van der Waals surface area contributed by atoms with Crippen LogP contribution < -0.4 is 25.0 Å². The van der Waals surface area contributed by atoms with E-state index in [1.807, 2.05) is 0 Å². The fourth-order valence-corrected chi connectivity index (χ4v) is 2.20. The highest BCUT2D eigenvalue weighted by molar-refractivity contribution is 6.03. The number of rotatable bonds is 8. The van der Waals surface area contributed by atoms with Crippen LogP contribution >= 0.6 is 0 Å². The molecule has 27 heavy (non-hydrogen) atoms. The Balaban J connectivity index is 1.86. The number of ether oxygens (including phenoxy) is 3. The second kappa shape index (κ2) is 9.81. The molecule has 0 saturated heterocycles. The molecule has 0 aliphatic heterocycles. The van der Waals surface area contributed by atoms with Crippen molar-refractivity contribution in [2.45, 2.75) is 6.42 Å². The van der Waals surface area contributed by atoms with E-state index in [4.69, 9.17) is 14.2 Å². The molecule has 2 amide bonds. The smallest absolute Gasteiger partial charge is 0.249 e. The van der Waals surface area contributed by atoms with Crippen LogP contribution in [0.2, 0.25) is 0 Å². The number of methoxy groups -OCH3 is 3. The van der Waals surface area contributed by atoms with E-state index in [-0.39, 0.29) is 6.42 Å². The summed E-state index contributed by atoms with van der Waals surface area (Å²) in [5.41, 5.74) is 3.55. The lowest BCUT2D eigenvalue weighted by molar-refractivity contribution is -0.126. The molecule has 0 atom stereocenters. The molecule has 0 saturated carbocycles. The van der Waals surface area contributed by atoms with Crippen molar-refractivity contribution in [2.75, 3.05) is 26.6 Å². The van der Waals surface area contributed by atoms with E-state index in [1.54, 1.807) is 49.6 Å². The Labute approximate surface area is 157 Å². The Morgan fingerprint density at radius 1 is 0.963 bits per heavy atom. The van der Waals surface area contributed by atoms with Gasteiger partial charge in [0.1, 0.15) is 12.2 Å². The van der Waals surface area contributed by atoms with Crippen molar-refractivity contribution in [1.29, 1.82) is 0 Å². The number of anilines is 1. The topological polar surface area (TPSA) is 98.2 Å². The van der Waals surface area contributed by atoms with E-state index in [9.17, 15) is 9.59 Å². The number of hydrogen-bond donors (Lipinski definition) is 2. The van der Waals surface area contributed by atoms with Crippen molar-refractivity contribution >= 4 is 23.7 Å². The first-order valence-corrected chi connectivity index (χ1v) is 8.03. The minimum Gasteiger partial charge on any atom is -0.497 e. The number of nitrogens with zero attached hydrogens (tertiary/aromatic N) is 1. The molecule has 2 aromatic carbocycles. The third-order valence-electron chi connectivity index (χ3n) is 3.49. The van der Waals surface area contributed by atoms with E-state index < -0.39 is 11.8 Å². The van der Waals surface area contributed by atoms with Gasteiger partial charge >= 0.3 is 0 Å². The van der Waals surface area contributed by atoms with E-state index in [1.165, 1.54) is 20.4 Å². The molecule has 2 aromatic rings. The SMILES string of the molecule is COc1cccc(NC(=O)CC(=O)NN=Cc2ccc(OC)c(OC)c2)c1. The Morgan fingerprint density at radius 3 is 2.44 bits per heavy atom. The number of benzene rings is 2. The van der Waals surface area contributed by atoms with Gasteiger partial charge in [0.05, 0.1) is 27.5 Å². The van der Waals surface area contributed by atoms with Crippen LogP contribution in [0.25, 0.3) is 0 Å². The minimum atomic E-state index is -0.535. The van der Waals surface area contributed by atoms with Gasteiger partial charge in [-0.1, -0.05) is 6.07 Å². The third kappa shape index (κ3) is 6.03. The molecule has 0 unspecified atom stereocenters. The van der Waals surface area contributed by atoms with Crippen molar-refractivity contribution in [3.63, 3.8) is 0 Å². The summed E-state index contributed by atoms with van der Waals surface area (Å²) in [5, 5.41) is 6.46. The summed E-state index contributed by atoms with van der Waals surface area (Å²) in [7, 11) is 4.61. The fourth-order valence-electron chi connectivity index (χ4n) is 2.20. The van der Waals surface area contributed by atoms with Gasteiger partial charge in [0.2, 0.25) is 11.8 Å². The summed E-state index contributed by atoms with van der Waals surface area (Å²) < 4.78 is 15.4. The zero-order valence-electron chi connectivity index (χ0n) is 15.3. The molecular formula is C19H21N3O5. The van der Waals surface area contributed by atoms with E-state index in [0.29, 0.717) is 28.5 Å². The summed E-state index contributed by atoms with van der Waals surface area (Å²) in [6, 6.07) is 12.0. The molecule has 142 valence electrons. The maximum absolute atomic E-state index is 11.9. The lowest BCUT2D eigenvalue weighted by Gasteiger charge is -2.07. The predicted octanol–water partition coefficient (Wildman–Crippen LogP) is 2.19. The number of nitrogens with one attached hydrogen (secondary N) is 2. The molecule has 0 spiro atoms. The largest absolute Gasteiger partial charge is 0.497 e. The standard InChI is InChI=1S/C19H21N3O5/c1-25-15-6-4-5-14(10-15)21-18(23)11-19(24)22-20-12-13-7-8-16(26-2)17(9-13)27-3/h4-10,12H,11H2,1-3H3,(H,21,23)(H,22,24). The number of carbonyl (C=O) groups is 2. The molecule has 2 rings (SSSR count). The van der Waals surface area contributed by atoms with E-state index in [2.05, 4.69) is 15.8 Å². The van der Waals surface area contributed by atoms with Crippen molar-refractivity contribution in [1.82, 2.24) is 5.43 Å². The van der Waals surface area contributed by atoms with Crippen LogP contribution in [0.3, 0.4) is 0 Å². The van der Waals surface area contributed by atoms with Crippen LogP contribution in [0.15, 0.2) is 47.6 Å². The number of hydrazone groups is 1. The van der Waals surface area contributed by atoms with Crippen molar-refractivity contribution in [3.05, 3.63) is 48.0 Å². The van der Waals surface area contributed by atoms with Gasteiger partial charge in [-0.15, -0.1) is 0 Å². The van der Waals surface area contributed by atoms with Crippen LogP contribution in [-0.4, -0.2) is 39.4 Å². The highest BCUT2D eigenvalue weighted by atomic mass is 16.5. The lowest BCUT2D eigenvalue weighted by atomic mass is 10.2. The van der Waals surface area contributed by atoms with Crippen LogP contribution in [0.1, 0.15) is 12.0 Å². The summed E-state index contributed by atoms with van der Waals surface area (Å²) >= 11 is 0. The third-order valence-corrected chi connectivity index (χ3v) is 3.49. The molecule has 0 bridgehead atoms. The van der Waals surface area contributed by atoms with Gasteiger partial charge in [-0.05, 0) is 35.9 Å². The van der Waals surface area contributed by atoms with Crippen LogP contribution in [0.4, 0.5) is 5.69 Å². The zero-order valence-corrected chi connectivity index (χ0v) is 15.3. The van der Waals surface area contributed by atoms with Crippen molar-refractivity contribution < 1.29 is 23.8 Å². The molecule has 0 heterocycles. The van der Waals surface area contributed by atoms with Crippen molar-refractivity contribution in [3.8, 4) is 17.2 Å². The molecule has 2 N–H and O–H groups in total. The molecular weight excluding hydrogens is 350 g/mol. The fraction of sp³-hybridized carbons (Fsp3) is 0.211. The monoisotopic (exact) mass is 371 g/mol. The van der Waals surface area contributed by atoms with E-state index >= 15 is 0 Å². The molecule has 0 aromatic heterocycles. The molecule has 0 fully saturated rings. The van der Waals surface area contributed by atoms with Gasteiger partial charge in [-0.2, -0.15) is 5.10 Å². The summed E-state index contributed by atoms with van der Waals surface area (Å²) in [6.07, 6.45) is 1.08. The Kier molecular flexibility index (Phi) is 7.18. The maximum atomic E-state index is 11.9. The summed E-state index contributed by atoms with van der Waals surface area (Å²) in [4.78, 5) is 23.7. The molecule has 8 heteroatoms. The first-order valence-electron chi connectivity index (χ1n) is 8.03. The van der Waals surface area contributed by atoms with Gasteiger partial charge in [0, 0.05) is 11.8 Å². The van der Waals surface area contributed by atoms with Gasteiger partial charge in [0.15, 0.2) is 11.5 Å². The van der Waals surface area contributed by atoms with Crippen LogP contribution in [0, 0.1) is 0 Å². The van der Waals surface area contributed by atoms with E-state index in [0.717, 1.165) is 0 Å². The quantitative estimate of drug-likeness (QED) is 0.421. The second-order valence-electron chi connectivity index (χ2n) is 5.36. The number of carbonyl (C=O) groups excluding carboxylic acids is 2. The van der Waals surface area contributed by atoms with Gasteiger partial charge in [-0.3, -0.25) is 9.59 Å². The summed E-state index contributed by atoms with van der Waals surface area (Å²) in [5.74, 6) is 0.754. The van der Waals surface area contributed by atoms with Gasteiger partial charge < -0.3 is 19.5 Å². The molecule has 0 aliphatic carbocycles. The number of hydrogen-bond acceptors (Lipinski definition) is 6. The van der Waals surface area contributed by atoms with Gasteiger partial charge in [-0.25, -0.2) is 5.43 Å². The first-order chi connectivity index (χ1) is 13.0. The highest BCUT2D eigenvalue weighted by Gasteiger charge is 2.09. The maximum Gasteiger partial charge on any atom is 0.249 e. The Morgan fingerprint density at radius 2 is 1.74 bits per heavy atom. The Bertz CT molecular complexity index is 836. The zero-order chi connectivity index (χ0) is 19.6. The molecule has 0 radical (unpaired) electrons. The first kappa shape index (κ1) is 19.8. The normalized spacial score (nSPS) is 10.3. The average molecular weight is 371 g/mol. The van der Waals surface area contributed by atoms with Crippen LogP contribution in [-0.2, 0) is 9.59 Å². The minimum absolute atomic E-state index is 0.361. The summed E-state index contributed by atoms with van der Waals surface area (Å²) in [6.45, 7) is 0.